The van der Waals surface area contributed by atoms with Crippen LogP contribution < -0.4 is 10.6 Å². The van der Waals surface area contributed by atoms with Gasteiger partial charge in [0.2, 0.25) is 5.91 Å². The normalized spacial score (nSPS) is 21.0. The number of carbonyl (C=O) groups is 1. The number of halogens is 2. The lowest BCUT2D eigenvalue weighted by atomic mass is 9.88. The molecule has 3 aromatic rings. The zero-order valence-electron chi connectivity index (χ0n) is 22.8. The third kappa shape index (κ3) is 6.13. The molecule has 1 amide bonds. The van der Waals surface area contributed by atoms with Crippen molar-refractivity contribution < 1.29 is 9.18 Å². The Kier molecular flexibility index (Phi) is 8.55. The maximum absolute atomic E-state index is 15.1. The number of benzene rings is 3. The summed E-state index contributed by atoms with van der Waals surface area (Å²) in [5.74, 6) is 0.0780. The molecule has 0 unspecified atom stereocenters. The van der Waals surface area contributed by atoms with Crippen molar-refractivity contribution in [3.8, 4) is 0 Å². The fourth-order valence-corrected chi connectivity index (χ4v) is 6.16. The van der Waals surface area contributed by atoms with Crippen molar-refractivity contribution in [1.29, 1.82) is 0 Å². The van der Waals surface area contributed by atoms with Crippen LogP contribution in [0.3, 0.4) is 0 Å². The number of nitrogens with two attached hydrogens (primary N) is 1. The zero-order chi connectivity index (χ0) is 27.5. The van der Waals surface area contributed by atoms with Crippen LogP contribution in [-0.2, 0) is 11.3 Å². The van der Waals surface area contributed by atoms with Crippen molar-refractivity contribution in [2.75, 3.05) is 44.2 Å². The molecule has 0 radical (unpaired) electrons. The number of anilines is 1. The van der Waals surface area contributed by atoms with Gasteiger partial charge in [0.15, 0.2) is 0 Å². The number of carbonyl (C=O) groups excluding carboxylic acids is 1. The second-order valence-electron chi connectivity index (χ2n) is 11.2. The molecule has 39 heavy (non-hydrogen) atoms. The molecule has 2 N–H and O–H groups in total. The van der Waals surface area contributed by atoms with Crippen molar-refractivity contribution in [3.63, 3.8) is 0 Å². The van der Waals surface area contributed by atoms with Crippen molar-refractivity contribution >= 4 is 23.2 Å². The van der Waals surface area contributed by atoms with Crippen LogP contribution in [0.15, 0.2) is 72.8 Å². The van der Waals surface area contributed by atoms with Gasteiger partial charge in [0.05, 0.1) is 11.6 Å². The number of hydrogen-bond acceptors (Lipinski definition) is 4. The van der Waals surface area contributed by atoms with Crippen molar-refractivity contribution in [1.82, 2.24) is 9.80 Å². The Balaban J connectivity index is 1.31. The van der Waals surface area contributed by atoms with E-state index in [2.05, 4.69) is 60.0 Å². The maximum atomic E-state index is 15.1. The van der Waals surface area contributed by atoms with Crippen LogP contribution in [0.4, 0.5) is 10.1 Å². The third-order valence-electron chi connectivity index (χ3n) is 8.26. The minimum absolute atomic E-state index is 0.0960. The highest BCUT2D eigenvalue weighted by atomic mass is 35.5. The van der Waals surface area contributed by atoms with Crippen molar-refractivity contribution in [2.45, 2.75) is 32.4 Å². The first-order chi connectivity index (χ1) is 18.8. The average molecular weight is 549 g/mol. The molecule has 0 spiro atoms. The molecule has 3 atom stereocenters. The lowest BCUT2D eigenvalue weighted by Crippen LogP contribution is -2.51. The van der Waals surface area contributed by atoms with Gasteiger partial charge in [-0.25, -0.2) is 4.39 Å². The maximum Gasteiger partial charge on any atom is 0.227 e. The van der Waals surface area contributed by atoms with Gasteiger partial charge < -0.3 is 15.5 Å². The number of hydrogen-bond donors (Lipinski definition) is 1. The van der Waals surface area contributed by atoms with Crippen LogP contribution >= 0.6 is 11.6 Å². The minimum Gasteiger partial charge on any atom is -0.365 e. The molecular formula is C32H38ClFN4O. The quantitative estimate of drug-likeness (QED) is 0.411. The van der Waals surface area contributed by atoms with E-state index in [1.54, 1.807) is 6.07 Å². The first-order valence-electron chi connectivity index (χ1n) is 13.9. The molecule has 0 bridgehead atoms. The summed E-state index contributed by atoms with van der Waals surface area (Å²) < 4.78 is 15.1. The molecule has 0 saturated carbocycles. The van der Waals surface area contributed by atoms with E-state index in [4.69, 9.17) is 17.3 Å². The van der Waals surface area contributed by atoms with E-state index in [-0.39, 0.29) is 35.5 Å². The van der Waals surface area contributed by atoms with Gasteiger partial charge in [0, 0.05) is 62.8 Å². The standard InChI is InChI=1S/C32H38ClFN4O/c1-22(2)30(35)26-9-6-10-29(34)31(26)37-15-17-38(18-16-37)32(39)28-21-36(19-23-7-4-3-5-8-23)20-27(28)24-11-13-25(33)14-12-24/h3-14,22,27-28,30H,15-21,35H2,1-2H3/t27-,28+,30+/m1/s1. The summed E-state index contributed by atoms with van der Waals surface area (Å²) in [7, 11) is 0. The van der Waals surface area contributed by atoms with Crippen LogP contribution in [0.5, 0.6) is 0 Å². The Morgan fingerprint density at radius 1 is 0.949 bits per heavy atom. The van der Waals surface area contributed by atoms with Crippen LogP contribution in [0.25, 0.3) is 0 Å². The van der Waals surface area contributed by atoms with Gasteiger partial charge in [0.1, 0.15) is 5.82 Å². The molecule has 0 aliphatic carbocycles. The smallest absolute Gasteiger partial charge is 0.227 e. The molecule has 206 valence electrons. The zero-order valence-corrected chi connectivity index (χ0v) is 23.5. The van der Waals surface area contributed by atoms with Gasteiger partial charge in [-0.1, -0.05) is 80.0 Å². The fourth-order valence-electron chi connectivity index (χ4n) is 6.03. The molecule has 5 rings (SSSR count). The van der Waals surface area contributed by atoms with Crippen LogP contribution in [0.2, 0.25) is 5.02 Å². The lowest BCUT2D eigenvalue weighted by molar-refractivity contribution is -0.135. The summed E-state index contributed by atoms with van der Waals surface area (Å²) in [6, 6.07) is 23.2. The summed E-state index contributed by atoms with van der Waals surface area (Å²) in [5.41, 5.74) is 10.3. The molecule has 5 nitrogen and oxygen atoms in total. The first-order valence-corrected chi connectivity index (χ1v) is 14.3. The van der Waals surface area contributed by atoms with Gasteiger partial charge in [-0.3, -0.25) is 9.69 Å². The fraction of sp³-hybridized carbons (Fsp3) is 0.406. The topological polar surface area (TPSA) is 52.8 Å². The molecule has 2 fully saturated rings. The molecule has 0 aromatic heterocycles. The van der Waals surface area contributed by atoms with Gasteiger partial charge in [-0.2, -0.15) is 0 Å². The highest BCUT2D eigenvalue weighted by Gasteiger charge is 2.41. The average Bonchev–Trinajstić information content (AvgIpc) is 3.36. The van der Waals surface area contributed by atoms with Gasteiger partial charge in [-0.05, 0) is 40.8 Å². The Morgan fingerprint density at radius 2 is 1.64 bits per heavy atom. The number of para-hydroxylation sites is 1. The molecule has 3 aromatic carbocycles. The summed E-state index contributed by atoms with van der Waals surface area (Å²) >= 11 is 6.17. The number of amides is 1. The number of piperazine rings is 1. The predicted molar refractivity (Wildman–Crippen MR) is 156 cm³/mol. The molecule has 2 saturated heterocycles. The Morgan fingerprint density at radius 3 is 2.31 bits per heavy atom. The molecule has 7 heteroatoms. The molecule has 2 aliphatic heterocycles. The SMILES string of the molecule is CC(C)[C@H](N)c1cccc(F)c1N1CCN(C(=O)[C@H]2CN(Cc3ccccc3)C[C@@H]2c2ccc(Cl)cc2)CC1. The van der Waals surface area contributed by atoms with E-state index in [9.17, 15) is 4.79 Å². The Labute approximate surface area is 236 Å². The van der Waals surface area contributed by atoms with Gasteiger partial charge in [0.25, 0.3) is 0 Å². The second kappa shape index (κ2) is 12.1. The Hall–Kier alpha value is -2.93. The van der Waals surface area contributed by atoms with E-state index in [1.165, 1.54) is 11.6 Å². The van der Waals surface area contributed by atoms with E-state index in [1.807, 2.05) is 29.2 Å². The highest BCUT2D eigenvalue weighted by molar-refractivity contribution is 6.30. The predicted octanol–water partition coefficient (Wildman–Crippen LogP) is 5.70. The first kappa shape index (κ1) is 27.6. The monoisotopic (exact) mass is 548 g/mol. The Bertz CT molecular complexity index is 1260. The van der Waals surface area contributed by atoms with Crippen molar-refractivity contribution in [3.05, 3.63) is 100 Å². The van der Waals surface area contributed by atoms with E-state index >= 15 is 4.39 Å². The number of likely N-dealkylation sites (tertiary alicyclic amines) is 1. The number of rotatable bonds is 7. The highest BCUT2D eigenvalue weighted by Crippen LogP contribution is 2.37. The van der Waals surface area contributed by atoms with E-state index in [0.29, 0.717) is 43.4 Å². The molecule has 2 heterocycles. The molecule has 2 aliphatic rings. The minimum atomic E-state index is -0.251. The lowest BCUT2D eigenvalue weighted by Gasteiger charge is -2.39. The van der Waals surface area contributed by atoms with Crippen LogP contribution in [0.1, 0.15) is 42.5 Å². The largest absolute Gasteiger partial charge is 0.365 e. The van der Waals surface area contributed by atoms with Gasteiger partial charge in [-0.15, -0.1) is 0 Å². The molecular weight excluding hydrogens is 511 g/mol. The number of nitrogens with zero attached hydrogens (tertiary/aromatic N) is 3. The summed E-state index contributed by atoms with van der Waals surface area (Å²) in [6.45, 7) is 8.73. The van der Waals surface area contributed by atoms with Gasteiger partial charge >= 0.3 is 0 Å². The van der Waals surface area contributed by atoms with Crippen LogP contribution in [-0.4, -0.2) is 55.0 Å². The van der Waals surface area contributed by atoms with Crippen LogP contribution in [0, 0.1) is 17.7 Å². The second-order valence-corrected chi connectivity index (χ2v) is 11.6. The van der Waals surface area contributed by atoms with E-state index in [0.717, 1.165) is 24.2 Å². The van der Waals surface area contributed by atoms with Crippen molar-refractivity contribution in [2.24, 2.45) is 17.6 Å². The summed E-state index contributed by atoms with van der Waals surface area (Å²) in [5, 5.41) is 0.696. The summed E-state index contributed by atoms with van der Waals surface area (Å²) in [4.78, 5) is 20.4. The van der Waals surface area contributed by atoms with E-state index < -0.39 is 0 Å². The third-order valence-corrected chi connectivity index (χ3v) is 8.51. The summed E-state index contributed by atoms with van der Waals surface area (Å²) in [6.07, 6.45) is 0.